The van der Waals surface area contributed by atoms with Crippen molar-refractivity contribution in [3.63, 3.8) is 0 Å². The van der Waals surface area contributed by atoms with E-state index in [-0.39, 0.29) is 6.54 Å². The van der Waals surface area contributed by atoms with Gasteiger partial charge in [-0.15, -0.1) is 0 Å². The molecule has 0 aliphatic rings. The average Bonchev–Trinajstić information content (AvgIpc) is 2.15. The van der Waals surface area contributed by atoms with Gasteiger partial charge in [-0.1, -0.05) is 0 Å². The summed E-state index contributed by atoms with van der Waals surface area (Å²) in [7, 11) is 0. The van der Waals surface area contributed by atoms with Crippen LogP contribution in [0.4, 0.5) is 0 Å². The number of rotatable bonds is 2. The Morgan fingerprint density at radius 3 is 3.00 bits per heavy atom. The highest BCUT2D eigenvalue weighted by Crippen LogP contribution is 1.81. The highest BCUT2D eigenvalue weighted by Gasteiger charge is 1.86. The van der Waals surface area contributed by atoms with Crippen LogP contribution in [0.5, 0.6) is 0 Å². The number of nitrogens with zero attached hydrogens (tertiary/aromatic N) is 2. The lowest BCUT2D eigenvalue weighted by Crippen LogP contribution is -2.27. The van der Waals surface area contributed by atoms with E-state index in [1.54, 1.807) is 12.3 Å². The van der Waals surface area contributed by atoms with Crippen molar-refractivity contribution >= 4 is 5.97 Å². The lowest BCUT2D eigenvalue weighted by molar-refractivity contribution is -0.306. The second kappa shape index (κ2) is 2.30. The van der Waals surface area contributed by atoms with Gasteiger partial charge in [0, 0.05) is 12.4 Å². The summed E-state index contributed by atoms with van der Waals surface area (Å²) in [6, 6.07) is 1.66. The molecule has 0 aromatic carbocycles. The third kappa shape index (κ3) is 1.56. The Balaban J connectivity index is 2.58. The number of aromatic nitrogens is 2. The third-order valence-corrected chi connectivity index (χ3v) is 0.850. The summed E-state index contributed by atoms with van der Waals surface area (Å²) in [6.45, 7) is -0.174. The number of hydrogen-bond acceptors (Lipinski definition) is 3. The Bertz CT molecular complexity index is 193. The molecule has 1 heterocycles. The molecule has 4 heteroatoms. The largest absolute Gasteiger partial charge is 0.548 e. The van der Waals surface area contributed by atoms with E-state index in [9.17, 15) is 9.90 Å². The van der Waals surface area contributed by atoms with E-state index >= 15 is 0 Å². The lowest BCUT2D eigenvalue weighted by atomic mass is 10.6. The predicted octanol–water partition coefficient (Wildman–Crippen LogP) is -1.37. The smallest absolute Gasteiger partial charge is 0.0804 e. The zero-order valence-electron chi connectivity index (χ0n) is 4.65. The highest BCUT2D eigenvalue weighted by molar-refractivity contribution is 5.63. The molecule has 0 spiro atoms. The first kappa shape index (κ1) is 5.81. The first-order chi connectivity index (χ1) is 4.29. The standard InChI is InChI=1S/C5H6N2O2/c8-5(9)4-7-3-1-2-6-7/h1-3H,4H2,(H,8,9)/p-1. The second-order valence-electron chi connectivity index (χ2n) is 1.58. The van der Waals surface area contributed by atoms with Gasteiger partial charge in [0.1, 0.15) is 0 Å². The minimum absolute atomic E-state index is 0.174. The van der Waals surface area contributed by atoms with Crippen molar-refractivity contribution in [1.82, 2.24) is 9.78 Å². The third-order valence-electron chi connectivity index (χ3n) is 0.850. The first-order valence-electron chi connectivity index (χ1n) is 2.46. The Morgan fingerprint density at radius 2 is 2.56 bits per heavy atom. The number of carboxylic acids is 1. The summed E-state index contributed by atoms with van der Waals surface area (Å²) < 4.78 is 1.29. The van der Waals surface area contributed by atoms with Gasteiger partial charge in [0.05, 0.1) is 12.5 Å². The molecule has 1 aromatic rings. The molecule has 0 saturated heterocycles. The van der Waals surface area contributed by atoms with Crippen LogP contribution in [0.2, 0.25) is 0 Å². The Morgan fingerprint density at radius 1 is 1.78 bits per heavy atom. The van der Waals surface area contributed by atoms with Crippen molar-refractivity contribution in [3.8, 4) is 0 Å². The molecule has 0 fully saturated rings. The van der Waals surface area contributed by atoms with E-state index in [1.165, 1.54) is 10.9 Å². The van der Waals surface area contributed by atoms with Gasteiger partial charge in [0.25, 0.3) is 0 Å². The van der Waals surface area contributed by atoms with Crippen molar-refractivity contribution in [3.05, 3.63) is 18.5 Å². The van der Waals surface area contributed by atoms with Gasteiger partial charge in [-0.05, 0) is 6.07 Å². The Labute approximate surface area is 51.7 Å². The molecular weight excluding hydrogens is 120 g/mol. The zero-order chi connectivity index (χ0) is 6.69. The van der Waals surface area contributed by atoms with Crippen molar-refractivity contribution < 1.29 is 9.90 Å². The van der Waals surface area contributed by atoms with Gasteiger partial charge in [-0.3, -0.25) is 4.68 Å². The predicted molar refractivity (Wildman–Crippen MR) is 27.2 cm³/mol. The quantitative estimate of drug-likeness (QED) is 0.490. The topological polar surface area (TPSA) is 57.9 Å². The summed E-state index contributed by atoms with van der Waals surface area (Å²) in [5.41, 5.74) is 0. The summed E-state index contributed by atoms with van der Waals surface area (Å²) in [6.07, 6.45) is 3.08. The van der Waals surface area contributed by atoms with E-state index < -0.39 is 5.97 Å². The fourth-order valence-electron chi connectivity index (χ4n) is 0.526. The molecule has 0 unspecified atom stereocenters. The molecule has 48 valence electrons. The van der Waals surface area contributed by atoms with E-state index in [0.29, 0.717) is 0 Å². The molecular formula is C5H5N2O2-. The minimum atomic E-state index is -1.13. The number of carbonyl (C=O) groups excluding carboxylic acids is 1. The van der Waals surface area contributed by atoms with E-state index in [0.717, 1.165) is 0 Å². The van der Waals surface area contributed by atoms with Crippen molar-refractivity contribution in [2.75, 3.05) is 0 Å². The summed E-state index contributed by atoms with van der Waals surface area (Å²) in [5, 5.41) is 13.5. The molecule has 0 N–H and O–H groups in total. The highest BCUT2D eigenvalue weighted by atomic mass is 16.4. The van der Waals surface area contributed by atoms with Gasteiger partial charge < -0.3 is 9.90 Å². The van der Waals surface area contributed by atoms with E-state index in [4.69, 9.17) is 0 Å². The van der Waals surface area contributed by atoms with Gasteiger partial charge >= 0.3 is 0 Å². The minimum Gasteiger partial charge on any atom is -0.548 e. The number of aliphatic carboxylic acids is 1. The van der Waals surface area contributed by atoms with Crippen molar-refractivity contribution in [2.45, 2.75) is 6.54 Å². The van der Waals surface area contributed by atoms with Crippen LogP contribution >= 0.6 is 0 Å². The average molecular weight is 125 g/mol. The summed E-state index contributed by atoms with van der Waals surface area (Å²) >= 11 is 0. The molecule has 1 rings (SSSR count). The van der Waals surface area contributed by atoms with Crippen LogP contribution in [-0.4, -0.2) is 15.7 Å². The van der Waals surface area contributed by atoms with Crippen LogP contribution in [-0.2, 0) is 11.3 Å². The molecule has 0 radical (unpaired) electrons. The zero-order valence-corrected chi connectivity index (χ0v) is 4.65. The van der Waals surface area contributed by atoms with Crippen molar-refractivity contribution in [1.29, 1.82) is 0 Å². The van der Waals surface area contributed by atoms with Crippen LogP contribution in [0.15, 0.2) is 18.5 Å². The van der Waals surface area contributed by atoms with Gasteiger partial charge in [-0.25, -0.2) is 0 Å². The molecule has 0 saturated carbocycles. The number of carboxylic acid groups (broad SMARTS) is 1. The Kier molecular flexibility index (Phi) is 1.48. The van der Waals surface area contributed by atoms with Crippen LogP contribution in [0.25, 0.3) is 0 Å². The molecule has 4 nitrogen and oxygen atoms in total. The monoisotopic (exact) mass is 125 g/mol. The van der Waals surface area contributed by atoms with Crippen molar-refractivity contribution in [2.24, 2.45) is 0 Å². The summed E-state index contributed by atoms with van der Waals surface area (Å²) in [5.74, 6) is -1.13. The maximum absolute atomic E-state index is 9.89. The first-order valence-corrected chi connectivity index (χ1v) is 2.46. The maximum atomic E-state index is 9.89. The van der Waals surface area contributed by atoms with E-state index in [1.807, 2.05) is 0 Å². The van der Waals surface area contributed by atoms with E-state index in [2.05, 4.69) is 5.10 Å². The lowest BCUT2D eigenvalue weighted by Gasteiger charge is -1.99. The molecule has 0 aliphatic carbocycles. The molecule has 0 aliphatic heterocycles. The van der Waals surface area contributed by atoms with Crippen LogP contribution < -0.4 is 5.11 Å². The van der Waals surface area contributed by atoms with Gasteiger partial charge in [-0.2, -0.15) is 5.10 Å². The molecule has 0 atom stereocenters. The molecule has 0 amide bonds. The summed E-state index contributed by atoms with van der Waals surface area (Å²) in [4.78, 5) is 9.89. The molecule has 9 heavy (non-hydrogen) atoms. The van der Waals surface area contributed by atoms with Crippen LogP contribution in [0, 0.1) is 0 Å². The number of carbonyl (C=O) groups is 1. The second-order valence-corrected chi connectivity index (χ2v) is 1.58. The Hall–Kier alpha value is -1.32. The normalized spacial score (nSPS) is 9.33. The maximum Gasteiger partial charge on any atom is 0.0804 e. The fraction of sp³-hybridized carbons (Fsp3) is 0.200. The fourth-order valence-corrected chi connectivity index (χ4v) is 0.526. The number of hydrogen-bond donors (Lipinski definition) is 0. The molecule has 0 bridgehead atoms. The van der Waals surface area contributed by atoms with Crippen LogP contribution in [0.3, 0.4) is 0 Å². The van der Waals surface area contributed by atoms with Gasteiger partial charge in [0.15, 0.2) is 0 Å². The molecule has 1 aromatic heterocycles. The van der Waals surface area contributed by atoms with Gasteiger partial charge in [0.2, 0.25) is 0 Å². The van der Waals surface area contributed by atoms with Crippen LogP contribution in [0.1, 0.15) is 0 Å². The SMILES string of the molecule is O=C([O-])Cn1cccn1.